The van der Waals surface area contributed by atoms with E-state index in [0.717, 1.165) is 45.6 Å². The molecule has 2 fully saturated rings. The highest BCUT2D eigenvalue weighted by Gasteiger charge is 2.33. The average molecular weight is 424 g/mol. The van der Waals surface area contributed by atoms with Crippen LogP contribution in [0.4, 0.5) is 0 Å². The van der Waals surface area contributed by atoms with E-state index in [1.165, 1.54) is 6.42 Å². The molecule has 1 saturated heterocycles. The number of ether oxygens (including phenoxy) is 3. The standard InChI is InChI=1S/C18H23Cl2NO4.ClH/c19-14-6-5-13(11-15(14)20)24-12-18(22)25-17-4-2-1-3-16(17)21-7-9-23-10-8-21;/h5-6,11,16-17H,1-4,7-10,12H2;1H/p-1. The van der Waals surface area contributed by atoms with E-state index in [0.29, 0.717) is 15.8 Å². The highest BCUT2D eigenvalue weighted by atomic mass is 35.5. The van der Waals surface area contributed by atoms with Crippen molar-refractivity contribution in [1.29, 1.82) is 0 Å². The van der Waals surface area contributed by atoms with Crippen LogP contribution in [0, 0.1) is 0 Å². The number of rotatable bonds is 5. The van der Waals surface area contributed by atoms with E-state index in [9.17, 15) is 4.79 Å². The highest BCUT2D eigenvalue weighted by molar-refractivity contribution is 6.42. The smallest absolute Gasteiger partial charge is 0.344 e. The van der Waals surface area contributed by atoms with Crippen LogP contribution in [0.25, 0.3) is 0 Å². The van der Waals surface area contributed by atoms with Crippen molar-refractivity contribution >= 4 is 29.2 Å². The molecular weight excluding hydrogens is 401 g/mol. The van der Waals surface area contributed by atoms with Gasteiger partial charge in [-0.1, -0.05) is 29.6 Å². The van der Waals surface area contributed by atoms with Crippen molar-refractivity contribution in [1.82, 2.24) is 4.90 Å². The Hall–Kier alpha value is -0.720. The van der Waals surface area contributed by atoms with Crippen molar-refractivity contribution < 1.29 is 31.4 Å². The molecule has 1 aliphatic carbocycles. The second kappa shape index (κ2) is 10.6. The highest BCUT2D eigenvalue weighted by Crippen LogP contribution is 2.28. The van der Waals surface area contributed by atoms with Gasteiger partial charge in [0.2, 0.25) is 0 Å². The summed E-state index contributed by atoms with van der Waals surface area (Å²) in [7, 11) is 0. The Morgan fingerprint density at radius 3 is 2.62 bits per heavy atom. The molecular formula is C18H23Cl3NO4-. The lowest BCUT2D eigenvalue weighted by atomic mass is 9.91. The van der Waals surface area contributed by atoms with Crippen LogP contribution in [-0.4, -0.2) is 55.9 Å². The minimum absolute atomic E-state index is 0. The molecule has 5 nitrogen and oxygen atoms in total. The fraction of sp³-hybridized carbons (Fsp3) is 0.611. The van der Waals surface area contributed by atoms with Crippen molar-refractivity contribution in [2.45, 2.75) is 37.8 Å². The second-order valence-corrected chi connectivity index (χ2v) is 7.21. The monoisotopic (exact) mass is 422 g/mol. The van der Waals surface area contributed by atoms with Gasteiger partial charge in [-0.15, -0.1) is 0 Å². The van der Waals surface area contributed by atoms with Gasteiger partial charge in [0.25, 0.3) is 0 Å². The van der Waals surface area contributed by atoms with Gasteiger partial charge in [-0.25, -0.2) is 4.79 Å². The number of carbonyl (C=O) groups is 1. The summed E-state index contributed by atoms with van der Waals surface area (Å²) < 4.78 is 16.6. The summed E-state index contributed by atoms with van der Waals surface area (Å²) in [5, 5.41) is 0.847. The van der Waals surface area contributed by atoms with Gasteiger partial charge in [0, 0.05) is 25.2 Å². The fourth-order valence-electron chi connectivity index (χ4n) is 3.45. The predicted molar refractivity (Wildman–Crippen MR) is 96.5 cm³/mol. The number of benzene rings is 1. The van der Waals surface area contributed by atoms with Crippen molar-refractivity contribution in [2.75, 3.05) is 32.9 Å². The first-order valence-electron chi connectivity index (χ1n) is 8.72. The Labute approximate surface area is 170 Å². The number of nitrogens with zero attached hydrogens (tertiary/aromatic N) is 1. The third kappa shape index (κ3) is 5.89. The van der Waals surface area contributed by atoms with Gasteiger partial charge in [-0.05, 0) is 31.4 Å². The fourth-order valence-corrected chi connectivity index (χ4v) is 3.74. The molecule has 2 unspecified atom stereocenters. The summed E-state index contributed by atoms with van der Waals surface area (Å²) in [4.78, 5) is 14.6. The van der Waals surface area contributed by atoms with E-state index in [4.69, 9.17) is 37.4 Å². The maximum atomic E-state index is 12.2. The van der Waals surface area contributed by atoms with Crippen LogP contribution in [0.15, 0.2) is 18.2 Å². The number of halogens is 3. The molecule has 0 amide bonds. The van der Waals surface area contributed by atoms with Crippen molar-refractivity contribution in [3.05, 3.63) is 28.2 Å². The molecule has 146 valence electrons. The third-order valence-corrected chi connectivity index (χ3v) is 5.45. The average Bonchev–Trinajstić information content (AvgIpc) is 2.64. The molecule has 1 heterocycles. The minimum atomic E-state index is -0.351. The largest absolute Gasteiger partial charge is 1.00 e. The summed E-state index contributed by atoms with van der Waals surface area (Å²) in [5.41, 5.74) is 0. The molecule has 1 saturated carbocycles. The first kappa shape index (κ1) is 21.6. The first-order chi connectivity index (χ1) is 12.1. The molecule has 26 heavy (non-hydrogen) atoms. The van der Waals surface area contributed by atoms with E-state index >= 15 is 0 Å². The van der Waals surface area contributed by atoms with Crippen LogP contribution in [0.1, 0.15) is 25.7 Å². The maximum Gasteiger partial charge on any atom is 0.344 e. The lowest BCUT2D eigenvalue weighted by Gasteiger charge is -2.40. The first-order valence-corrected chi connectivity index (χ1v) is 9.48. The maximum absolute atomic E-state index is 12.2. The van der Waals surface area contributed by atoms with Crippen LogP contribution in [-0.2, 0) is 14.3 Å². The molecule has 2 aliphatic rings. The van der Waals surface area contributed by atoms with Gasteiger partial charge in [0.15, 0.2) is 6.61 Å². The number of morpholine rings is 1. The molecule has 2 atom stereocenters. The van der Waals surface area contributed by atoms with Crippen molar-refractivity contribution in [2.24, 2.45) is 0 Å². The third-order valence-electron chi connectivity index (χ3n) is 4.71. The summed E-state index contributed by atoms with van der Waals surface area (Å²) in [6.45, 7) is 3.16. The van der Waals surface area contributed by atoms with Gasteiger partial charge >= 0.3 is 5.97 Å². The predicted octanol–water partition coefficient (Wildman–Crippen LogP) is 0.563. The quantitative estimate of drug-likeness (QED) is 0.648. The molecule has 1 aromatic rings. The zero-order chi connectivity index (χ0) is 17.6. The van der Waals surface area contributed by atoms with Crippen LogP contribution in [0.3, 0.4) is 0 Å². The van der Waals surface area contributed by atoms with Crippen LogP contribution < -0.4 is 17.1 Å². The molecule has 8 heteroatoms. The van der Waals surface area contributed by atoms with E-state index in [2.05, 4.69) is 4.90 Å². The molecule has 0 spiro atoms. The molecule has 0 aromatic heterocycles. The van der Waals surface area contributed by atoms with Gasteiger partial charge in [0.05, 0.1) is 23.3 Å². The van der Waals surface area contributed by atoms with Gasteiger partial charge < -0.3 is 26.6 Å². The zero-order valence-corrected chi connectivity index (χ0v) is 16.7. The Kier molecular flexibility index (Phi) is 8.77. The zero-order valence-electron chi connectivity index (χ0n) is 14.5. The molecule has 1 aliphatic heterocycles. The number of carbonyl (C=O) groups excluding carboxylic acids is 1. The summed E-state index contributed by atoms with van der Waals surface area (Å²) in [6, 6.07) is 5.19. The molecule has 0 bridgehead atoms. The Balaban J connectivity index is 0.00000243. The second-order valence-electron chi connectivity index (χ2n) is 6.39. The molecule has 3 rings (SSSR count). The van der Waals surface area contributed by atoms with Crippen molar-refractivity contribution in [3.8, 4) is 5.75 Å². The Morgan fingerprint density at radius 2 is 1.88 bits per heavy atom. The topological polar surface area (TPSA) is 48.0 Å². The van der Waals surface area contributed by atoms with Crippen LogP contribution in [0.5, 0.6) is 5.75 Å². The van der Waals surface area contributed by atoms with Crippen molar-refractivity contribution in [3.63, 3.8) is 0 Å². The summed E-state index contributed by atoms with van der Waals surface area (Å²) >= 11 is 11.8. The van der Waals surface area contributed by atoms with E-state index < -0.39 is 0 Å². The Morgan fingerprint density at radius 1 is 1.15 bits per heavy atom. The number of hydrogen-bond donors (Lipinski definition) is 0. The molecule has 0 radical (unpaired) electrons. The molecule has 0 N–H and O–H groups in total. The van der Waals surface area contributed by atoms with Gasteiger partial charge in [-0.3, -0.25) is 4.90 Å². The lowest BCUT2D eigenvalue weighted by Crippen LogP contribution is -3.00. The van der Waals surface area contributed by atoms with Crippen LogP contribution >= 0.6 is 23.2 Å². The van der Waals surface area contributed by atoms with Crippen LogP contribution in [0.2, 0.25) is 10.0 Å². The number of esters is 1. The summed E-state index contributed by atoms with van der Waals surface area (Å²) in [6.07, 6.45) is 4.16. The van der Waals surface area contributed by atoms with E-state index in [1.807, 2.05) is 0 Å². The van der Waals surface area contributed by atoms with Gasteiger partial charge in [-0.2, -0.15) is 0 Å². The Bertz CT molecular complexity index is 596. The number of hydrogen-bond acceptors (Lipinski definition) is 5. The van der Waals surface area contributed by atoms with E-state index in [1.54, 1.807) is 18.2 Å². The molecule has 1 aromatic carbocycles. The summed E-state index contributed by atoms with van der Waals surface area (Å²) in [5.74, 6) is 0.149. The lowest BCUT2D eigenvalue weighted by molar-refractivity contribution is -0.158. The SMILES string of the molecule is O=C(COc1ccc(Cl)c(Cl)c1)OC1CCCCC1N1CCOCC1.[Cl-]. The normalized spacial score (nSPS) is 23.8. The van der Waals surface area contributed by atoms with E-state index in [-0.39, 0.29) is 37.1 Å². The van der Waals surface area contributed by atoms with Gasteiger partial charge in [0.1, 0.15) is 11.9 Å². The minimum Gasteiger partial charge on any atom is -1.00 e.